The first kappa shape index (κ1) is 13.0. The lowest BCUT2D eigenvalue weighted by Gasteiger charge is -2.11. The van der Waals surface area contributed by atoms with Crippen molar-refractivity contribution in [3.8, 4) is 6.07 Å². The molecule has 1 fully saturated rings. The van der Waals surface area contributed by atoms with Crippen LogP contribution in [0.25, 0.3) is 0 Å². The van der Waals surface area contributed by atoms with E-state index < -0.39 is 5.82 Å². The van der Waals surface area contributed by atoms with Crippen molar-refractivity contribution < 1.29 is 4.39 Å². The quantitative estimate of drug-likeness (QED) is 0.881. The zero-order valence-corrected chi connectivity index (χ0v) is 10.6. The van der Waals surface area contributed by atoms with E-state index in [1.807, 2.05) is 6.07 Å². The third kappa shape index (κ3) is 3.28. The summed E-state index contributed by atoms with van der Waals surface area (Å²) in [6.07, 6.45) is 1.23. The molecule has 1 heterocycles. The maximum absolute atomic E-state index is 13.1. The average molecular weight is 247 g/mol. The summed E-state index contributed by atoms with van der Waals surface area (Å²) >= 11 is 0. The second kappa shape index (κ2) is 5.94. The Balaban J connectivity index is 1.82. The lowest BCUT2D eigenvalue weighted by molar-refractivity contribution is 0.388. The number of hydrogen-bond acceptors (Lipinski definition) is 3. The van der Waals surface area contributed by atoms with Crippen molar-refractivity contribution in [3.05, 3.63) is 35.1 Å². The van der Waals surface area contributed by atoms with Gasteiger partial charge < -0.3 is 10.2 Å². The maximum atomic E-state index is 13.1. The van der Waals surface area contributed by atoms with E-state index in [1.54, 1.807) is 12.1 Å². The summed E-state index contributed by atoms with van der Waals surface area (Å²) in [6, 6.07) is 6.56. The highest BCUT2D eigenvalue weighted by atomic mass is 19.1. The molecule has 1 atom stereocenters. The fraction of sp³-hybridized carbons (Fsp3) is 0.500. The second-order valence-electron chi connectivity index (χ2n) is 4.97. The molecule has 0 bridgehead atoms. The minimum Gasteiger partial charge on any atom is -0.312 e. The van der Waals surface area contributed by atoms with Crippen LogP contribution in [0.5, 0.6) is 0 Å². The molecule has 18 heavy (non-hydrogen) atoms. The van der Waals surface area contributed by atoms with E-state index in [0.29, 0.717) is 12.5 Å². The Labute approximate surface area is 107 Å². The minimum absolute atomic E-state index is 0.120. The number of nitriles is 1. The largest absolute Gasteiger partial charge is 0.312 e. The van der Waals surface area contributed by atoms with Crippen LogP contribution < -0.4 is 5.32 Å². The van der Waals surface area contributed by atoms with E-state index in [9.17, 15) is 4.39 Å². The molecule has 0 aliphatic carbocycles. The van der Waals surface area contributed by atoms with Crippen molar-refractivity contribution in [3.63, 3.8) is 0 Å². The van der Waals surface area contributed by atoms with Crippen LogP contribution in [0.2, 0.25) is 0 Å². The molecule has 0 saturated carbocycles. The van der Waals surface area contributed by atoms with Gasteiger partial charge in [0.05, 0.1) is 5.56 Å². The topological polar surface area (TPSA) is 39.1 Å². The summed E-state index contributed by atoms with van der Waals surface area (Å²) in [5.41, 5.74) is 1.08. The number of halogens is 1. The SMILES string of the molecule is CN1CCC(CNCc2ccc(F)c(C#N)c2)C1. The van der Waals surface area contributed by atoms with Crippen LogP contribution in [0.1, 0.15) is 17.5 Å². The molecule has 96 valence electrons. The van der Waals surface area contributed by atoms with Gasteiger partial charge >= 0.3 is 0 Å². The van der Waals surface area contributed by atoms with Crippen molar-refractivity contribution in [2.45, 2.75) is 13.0 Å². The lowest BCUT2D eigenvalue weighted by atomic mass is 10.1. The highest BCUT2D eigenvalue weighted by Gasteiger charge is 2.18. The Kier molecular flexibility index (Phi) is 4.29. The van der Waals surface area contributed by atoms with Gasteiger partial charge in [-0.05, 0) is 50.2 Å². The fourth-order valence-corrected chi connectivity index (χ4v) is 2.38. The van der Waals surface area contributed by atoms with E-state index >= 15 is 0 Å². The zero-order valence-electron chi connectivity index (χ0n) is 10.6. The van der Waals surface area contributed by atoms with Crippen LogP contribution in [-0.2, 0) is 6.54 Å². The molecular formula is C14H18FN3. The molecule has 3 nitrogen and oxygen atoms in total. The van der Waals surface area contributed by atoms with E-state index in [4.69, 9.17) is 5.26 Å². The van der Waals surface area contributed by atoms with Crippen LogP contribution in [-0.4, -0.2) is 31.6 Å². The van der Waals surface area contributed by atoms with Crippen LogP contribution in [0, 0.1) is 23.1 Å². The molecule has 1 aromatic carbocycles. The Hall–Kier alpha value is -1.44. The number of nitrogens with zero attached hydrogens (tertiary/aromatic N) is 2. The predicted molar refractivity (Wildman–Crippen MR) is 68.4 cm³/mol. The van der Waals surface area contributed by atoms with Crippen LogP contribution in [0.4, 0.5) is 4.39 Å². The van der Waals surface area contributed by atoms with Gasteiger partial charge in [0.15, 0.2) is 0 Å². The van der Waals surface area contributed by atoms with Gasteiger partial charge in [-0.2, -0.15) is 5.26 Å². The average Bonchev–Trinajstić information content (AvgIpc) is 2.77. The summed E-state index contributed by atoms with van der Waals surface area (Å²) < 4.78 is 13.1. The van der Waals surface area contributed by atoms with Gasteiger partial charge in [0.1, 0.15) is 11.9 Å². The van der Waals surface area contributed by atoms with Crippen molar-refractivity contribution in [2.24, 2.45) is 5.92 Å². The second-order valence-corrected chi connectivity index (χ2v) is 4.97. The zero-order chi connectivity index (χ0) is 13.0. The molecule has 2 rings (SSSR count). The first-order valence-corrected chi connectivity index (χ1v) is 6.27. The highest BCUT2D eigenvalue weighted by molar-refractivity contribution is 5.34. The van der Waals surface area contributed by atoms with Crippen LogP contribution in [0.15, 0.2) is 18.2 Å². The number of hydrogen-bond donors (Lipinski definition) is 1. The van der Waals surface area contributed by atoms with E-state index in [1.165, 1.54) is 19.0 Å². The summed E-state index contributed by atoms with van der Waals surface area (Å²) in [5.74, 6) is 0.254. The molecule has 1 aliphatic rings. The molecular weight excluding hydrogens is 229 g/mol. The van der Waals surface area contributed by atoms with Gasteiger partial charge in [0, 0.05) is 13.1 Å². The molecule has 1 aliphatic heterocycles. The molecule has 1 N–H and O–H groups in total. The van der Waals surface area contributed by atoms with E-state index in [-0.39, 0.29) is 5.56 Å². The predicted octanol–water partition coefficient (Wildman–Crippen LogP) is 1.74. The van der Waals surface area contributed by atoms with E-state index in [0.717, 1.165) is 18.7 Å². The van der Waals surface area contributed by atoms with Gasteiger partial charge in [0.25, 0.3) is 0 Å². The number of nitrogens with one attached hydrogen (secondary N) is 1. The molecule has 0 amide bonds. The molecule has 0 spiro atoms. The number of benzene rings is 1. The molecule has 0 radical (unpaired) electrons. The monoisotopic (exact) mass is 247 g/mol. The van der Waals surface area contributed by atoms with Gasteiger partial charge in [0.2, 0.25) is 0 Å². The van der Waals surface area contributed by atoms with Gasteiger partial charge in [-0.3, -0.25) is 0 Å². The van der Waals surface area contributed by atoms with Crippen molar-refractivity contribution in [1.82, 2.24) is 10.2 Å². The molecule has 1 aromatic rings. The van der Waals surface area contributed by atoms with Crippen LogP contribution in [0.3, 0.4) is 0 Å². The Morgan fingerprint density at radius 1 is 1.56 bits per heavy atom. The van der Waals surface area contributed by atoms with Crippen LogP contribution >= 0.6 is 0 Å². The van der Waals surface area contributed by atoms with Crippen molar-refractivity contribution in [2.75, 3.05) is 26.7 Å². The molecule has 0 aromatic heterocycles. The Morgan fingerprint density at radius 2 is 2.39 bits per heavy atom. The first-order valence-electron chi connectivity index (χ1n) is 6.27. The summed E-state index contributed by atoms with van der Waals surface area (Å²) in [5, 5.41) is 12.1. The third-order valence-electron chi connectivity index (χ3n) is 3.40. The fourth-order valence-electron chi connectivity index (χ4n) is 2.38. The minimum atomic E-state index is -0.446. The smallest absolute Gasteiger partial charge is 0.140 e. The Morgan fingerprint density at radius 3 is 3.06 bits per heavy atom. The highest BCUT2D eigenvalue weighted by Crippen LogP contribution is 2.13. The molecule has 1 saturated heterocycles. The number of rotatable bonds is 4. The lowest BCUT2D eigenvalue weighted by Crippen LogP contribution is -2.24. The normalized spacial score (nSPS) is 19.9. The Bertz CT molecular complexity index is 453. The van der Waals surface area contributed by atoms with E-state index in [2.05, 4.69) is 17.3 Å². The molecule has 1 unspecified atom stereocenters. The molecule has 4 heteroatoms. The van der Waals surface area contributed by atoms with Crippen molar-refractivity contribution >= 4 is 0 Å². The number of likely N-dealkylation sites (tertiary alicyclic amines) is 1. The van der Waals surface area contributed by atoms with Gasteiger partial charge in [-0.25, -0.2) is 4.39 Å². The standard InChI is InChI=1S/C14H18FN3/c1-18-5-4-12(10-18)9-17-8-11-2-3-14(15)13(6-11)7-16/h2-3,6,12,17H,4-5,8-10H2,1H3. The first-order chi connectivity index (χ1) is 8.69. The van der Waals surface area contributed by atoms with Gasteiger partial charge in [-0.1, -0.05) is 6.07 Å². The summed E-state index contributed by atoms with van der Waals surface area (Å²) in [4.78, 5) is 2.33. The maximum Gasteiger partial charge on any atom is 0.140 e. The summed E-state index contributed by atoms with van der Waals surface area (Å²) in [6.45, 7) is 3.97. The summed E-state index contributed by atoms with van der Waals surface area (Å²) in [7, 11) is 2.14. The van der Waals surface area contributed by atoms with Crippen molar-refractivity contribution in [1.29, 1.82) is 5.26 Å². The third-order valence-corrected chi connectivity index (χ3v) is 3.40. The van der Waals surface area contributed by atoms with Gasteiger partial charge in [-0.15, -0.1) is 0 Å².